The van der Waals surface area contributed by atoms with Crippen molar-refractivity contribution in [1.82, 2.24) is 4.72 Å². The number of hydrogen-bond acceptors (Lipinski definition) is 4. The van der Waals surface area contributed by atoms with Crippen LogP contribution in [0.4, 0.5) is 0 Å². The molecule has 7 heteroatoms. The molecule has 3 N–H and O–H groups in total. The van der Waals surface area contributed by atoms with E-state index in [0.717, 1.165) is 19.3 Å². The maximum Gasteiger partial charge on any atom is 0.216 e. The predicted octanol–water partition coefficient (Wildman–Crippen LogP) is 0.880. The Morgan fingerprint density at radius 2 is 2.00 bits per heavy atom. The zero-order chi connectivity index (χ0) is 12.6. The first-order chi connectivity index (χ1) is 7.47. The Kier molecular flexibility index (Phi) is 11.5. The fourth-order valence-corrected chi connectivity index (χ4v) is 2.57. The van der Waals surface area contributed by atoms with Crippen LogP contribution in [0.25, 0.3) is 0 Å². The molecular weight excluding hydrogens is 264 g/mol. The molecule has 17 heavy (non-hydrogen) atoms. The molecular formula is C10H25ClN2O3S. The molecule has 5 nitrogen and oxygen atoms in total. The summed E-state index contributed by atoms with van der Waals surface area (Å²) in [7, 11) is -1.83. The van der Waals surface area contributed by atoms with Crippen LogP contribution in [0, 0.1) is 0 Å². The summed E-state index contributed by atoms with van der Waals surface area (Å²) in [6, 6.07) is -0.163. The van der Waals surface area contributed by atoms with Crippen molar-refractivity contribution in [2.24, 2.45) is 5.73 Å². The third-order valence-corrected chi connectivity index (χ3v) is 4.31. The van der Waals surface area contributed by atoms with E-state index < -0.39 is 15.3 Å². The van der Waals surface area contributed by atoms with Crippen molar-refractivity contribution >= 4 is 22.4 Å². The van der Waals surface area contributed by atoms with Crippen LogP contribution in [0.3, 0.4) is 0 Å². The van der Waals surface area contributed by atoms with Gasteiger partial charge in [0.2, 0.25) is 10.0 Å². The second-order valence-electron chi connectivity index (χ2n) is 4.00. The van der Waals surface area contributed by atoms with Crippen LogP contribution in [0.1, 0.15) is 33.1 Å². The first-order valence-corrected chi connectivity index (χ1v) is 7.22. The van der Waals surface area contributed by atoms with Crippen LogP contribution in [-0.4, -0.2) is 40.0 Å². The highest BCUT2D eigenvalue weighted by molar-refractivity contribution is 7.90. The molecule has 0 heterocycles. The second-order valence-corrected chi connectivity index (χ2v) is 6.13. The van der Waals surface area contributed by atoms with Crippen molar-refractivity contribution in [3.8, 4) is 0 Å². The minimum atomic E-state index is -3.32. The molecule has 0 bridgehead atoms. The van der Waals surface area contributed by atoms with E-state index in [1.165, 1.54) is 7.11 Å². The zero-order valence-corrected chi connectivity index (χ0v) is 12.4. The number of methoxy groups -OCH3 is 1. The SMILES string of the molecule is CCCCC(CN)NS(=O)(=O)C(C)COC.Cl. The third kappa shape index (κ3) is 7.94. The van der Waals surface area contributed by atoms with Gasteiger partial charge in [0.25, 0.3) is 0 Å². The molecule has 2 atom stereocenters. The smallest absolute Gasteiger partial charge is 0.216 e. The van der Waals surface area contributed by atoms with E-state index in [1.807, 2.05) is 0 Å². The molecule has 0 rings (SSSR count). The van der Waals surface area contributed by atoms with Crippen molar-refractivity contribution in [1.29, 1.82) is 0 Å². The topological polar surface area (TPSA) is 81.4 Å². The minimum Gasteiger partial charge on any atom is -0.383 e. The average molecular weight is 289 g/mol. The molecule has 0 aromatic carbocycles. The summed E-state index contributed by atoms with van der Waals surface area (Å²) in [5.41, 5.74) is 5.54. The molecule has 0 amide bonds. The Balaban J connectivity index is 0. The highest BCUT2D eigenvalue weighted by Gasteiger charge is 2.23. The van der Waals surface area contributed by atoms with E-state index in [9.17, 15) is 8.42 Å². The summed E-state index contributed by atoms with van der Waals surface area (Å²) in [5, 5.41) is -0.548. The van der Waals surface area contributed by atoms with Gasteiger partial charge in [-0.1, -0.05) is 19.8 Å². The molecule has 0 saturated heterocycles. The third-order valence-electron chi connectivity index (χ3n) is 2.45. The van der Waals surface area contributed by atoms with Crippen molar-refractivity contribution in [2.75, 3.05) is 20.3 Å². The van der Waals surface area contributed by atoms with Gasteiger partial charge >= 0.3 is 0 Å². The van der Waals surface area contributed by atoms with Crippen molar-refractivity contribution < 1.29 is 13.2 Å². The van der Waals surface area contributed by atoms with Gasteiger partial charge in [0.15, 0.2) is 0 Å². The fourth-order valence-electron chi connectivity index (χ4n) is 1.35. The van der Waals surface area contributed by atoms with Gasteiger partial charge in [-0.2, -0.15) is 0 Å². The van der Waals surface area contributed by atoms with E-state index in [2.05, 4.69) is 11.6 Å². The first-order valence-electron chi connectivity index (χ1n) is 5.68. The van der Waals surface area contributed by atoms with Crippen LogP contribution >= 0.6 is 12.4 Å². The van der Waals surface area contributed by atoms with Crippen LogP contribution in [-0.2, 0) is 14.8 Å². The molecule has 0 aliphatic heterocycles. The molecule has 0 fully saturated rings. The number of ether oxygens (including phenoxy) is 1. The Labute approximate surface area is 111 Å². The molecule has 0 saturated carbocycles. The largest absolute Gasteiger partial charge is 0.383 e. The number of nitrogens with two attached hydrogens (primary N) is 1. The Bertz CT molecular complexity index is 273. The standard InChI is InChI=1S/C10H24N2O3S.ClH/c1-4-5-6-10(7-11)12-16(13,14)9(2)8-15-3;/h9-10,12H,4-8,11H2,1-3H3;1H. The van der Waals surface area contributed by atoms with Crippen LogP contribution < -0.4 is 10.5 Å². The first kappa shape index (κ1) is 19.5. The average Bonchev–Trinajstić information content (AvgIpc) is 2.24. The van der Waals surface area contributed by atoms with Gasteiger partial charge in [0.1, 0.15) is 0 Å². The summed E-state index contributed by atoms with van der Waals surface area (Å²) >= 11 is 0. The Hall–Kier alpha value is 0.120. The van der Waals surface area contributed by atoms with Gasteiger partial charge in [-0.3, -0.25) is 0 Å². The predicted molar refractivity (Wildman–Crippen MR) is 73.0 cm³/mol. The molecule has 0 aromatic heterocycles. The fraction of sp³-hybridized carbons (Fsp3) is 1.00. The number of rotatable bonds is 9. The van der Waals surface area contributed by atoms with Gasteiger partial charge in [0, 0.05) is 19.7 Å². The van der Waals surface area contributed by atoms with Crippen molar-refractivity contribution in [3.63, 3.8) is 0 Å². The highest BCUT2D eigenvalue weighted by atomic mass is 35.5. The highest BCUT2D eigenvalue weighted by Crippen LogP contribution is 2.05. The Morgan fingerprint density at radius 3 is 2.41 bits per heavy atom. The zero-order valence-electron chi connectivity index (χ0n) is 10.8. The van der Waals surface area contributed by atoms with E-state index in [0.29, 0.717) is 6.54 Å². The van der Waals surface area contributed by atoms with Crippen molar-refractivity contribution in [2.45, 2.75) is 44.4 Å². The number of nitrogens with one attached hydrogen (secondary N) is 1. The lowest BCUT2D eigenvalue weighted by atomic mass is 10.1. The van der Waals surface area contributed by atoms with Gasteiger partial charge in [0.05, 0.1) is 11.9 Å². The summed E-state index contributed by atoms with van der Waals surface area (Å²) in [4.78, 5) is 0. The summed E-state index contributed by atoms with van der Waals surface area (Å²) in [5.74, 6) is 0. The van der Waals surface area contributed by atoms with Gasteiger partial charge < -0.3 is 10.5 Å². The quantitative estimate of drug-likeness (QED) is 0.660. The van der Waals surface area contributed by atoms with Gasteiger partial charge in [-0.05, 0) is 13.3 Å². The monoisotopic (exact) mass is 288 g/mol. The van der Waals surface area contributed by atoms with Crippen LogP contribution in [0.15, 0.2) is 0 Å². The molecule has 0 radical (unpaired) electrons. The maximum absolute atomic E-state index is 11.8. The number of halogens is 1. The summed E-state index contributed by atoms with van der Waals surface area (Å²) in [6.45, 7) is 4.22. The van der Waals surface area contributed by atoms with Crippen LogP contribution in [0.5, 0.6) is 0 Å². The molecule has 106 valence electrons. The molecule has 2 unspecified atom stereocenters. The van der Waals surface area contributed by atoms with E-state index in [4.69, 9.17) is 10.5 Å². The summed E-state index contributed by atoms with van der Waals surface area (Å²) < 4.78 is 31.1. The summed E-state index contributed by atoms with van der Waals surface area (Å²) in [6.07, 6.45) is 2.79. The normalized spacial score (nSPS) is 15.1. The maximum atomic E-state index is 11.8. The van der Waals surface area contributed by atoms with E-state index in [1.54, 1.807) is 6.92 Å². The molecule has 0 aliphatic carbocycles. The lowest BCUT2D eigenvalue weighted by Gasteiger charge is -2.19. The lowest BCUT2D eigenvalue weighted by Crippen LogP contribution is -2.44. The number of sulfonamides is 1. The number of hydrogen-bond donors (Lipinski definition) is 2. The van der Waals surface area contributed by atoms with Gasteiger partial charge in [-0.25, -0.2) is 13.1 Å². The molecule has 0 aromatic rings. The van der Waals surface area contributed by atoms with Crippen molar-refractivity contribution in [3.05, 3.63) is 0 Å². The molecule has 0 aliphatic rings. The Morgan fingerprint density at radius 1 is 1.41 bits per heavy atom. The van der Waals surface area contributed by atoms with E-state index in [-0.39, 0.29) is 25.1 Å². The minimum absolute atomic E-state index is 0. The molecule has 0 spiro atoms. The lowest BCUT2D eigenvalue weighted by molar-refractivity contribution is 0.200. The van der Waals surface area contributed by atoms with Gasteiger partial charge in [-0.15, -0.1) is 12.4 Å². The van der Waals surface area contributed by atoms with Crippen LogP contribution in [0.2, 0.25) is 0 Å². The second kappa shape index (κ2) is 10.1. The number of unbranched alkanes of at least 4 members (excludes halogenated alkanes) is 1. The van der Waals surface area contributed by atoms with E-state index >= 15 is 0 Å².